The Morgan fingerprint density at radius 1 is 1.00 bits per heavy atom. The van der Waals surface area contributed by atoms with Gasteiger partial charge in [0.25, 0.3) is 0 Å². The highest BCUT2D eigenvalue weighted by Crippen LogP contribution is 2.35. The van der Waals surface area contributed by atoms with Gasteiger partial charge in [-0.25, -0.2) is 0 Å². The first-order valence-corrected chi connectivity index (χ1v) is 7.67. The Bertz CT molecular complexity index is 144. The minimum absolute atomic E-state index is 0.952. The fourth-order valence-corrected chi connectivity index (χ4v) is 3.23. The fourth-order valence-electron chi connectivity index (χ4n) is 3.23. The van der Waals surface area contributed by atoms with Gasteiger partial charge < -0.3 is 0 Å². The van der Waals surface area contributed by atoms with Crippen LogP contribution < -0.4 is 0 Å². The smallest absolute Gasteiger partial charge is 0.0386 e. The van der Waals surface area contributed by atoms with E-state index in [1.54, 1.807) is 0 Å². The summed E-state index contributed by atoms with van der Waals surface area (Å²) < 4.78 is 0. The molecule has 0 aromatic carbocycles. The molecule has 1 aliphatic rings. The summed E-state index contributed by atoms with van der Waals surface area (Å²) in [6.45, 7) is 6.45. The first-order chi connectivity index (χ1) is 7.88. The zero-order chi connectivity index (χ0) is 11.6. The summed E-state index contributed by atoms with van der Waals surface area (Å²) in [7, 11) is 0. The molecular weight excluding hydrogens is 192 g/mol. The second-order valence-electron chi connectivity index (χ2n) is 5.65. The molecular formula is C16H31. The van der Waals surface area contributed by atoms with Crippen LogP contribution in [0.1, 0.15) is 84.0 Å². The average molecular weight is 223 g/mol. The molecule has 1 atom stereocenters. The van der Waals surface area contributed by atoms with Crippen LogP contribution in [0.5, 0.6) is 0 Å². The first kappa shape index (κ1) is 14.1. The molecule has 1 saturated carbocycles. The van der Waals surface area contributed by atoms with Gasteiger partial charge in [-0.3, -0.25) is 0 Å². The highest BCUT2D eigenvalue weighted by molar-refractivity contribution is 4.76. The van der Waals surface area contributed by atoms with Crippen molar-refractivity contribution in [2.45, 2.75) is 84.0 Å². The summed E-state index contributed by atoms with van der Waals surface area (Å²) in [6.07, 6.45) is 17.2. The Morgan fingerprint density at radius 3 is 2.25 bits per heavy atom. The van der Waals surface area contributed by atoms with E-state index >= 15 is 0 Å². The Balaban J connectivity index is 2.00. The molecule has 0 amide bonds. The molecule has 1 rings (SSSR count). The predicted octanol–water partition coefficient (Wildman–Crippen LogP) is 5.77. The van der Waals surface area contributed by atoms with Gasteiger partial charge in [-0.15, -0.1) is 0 Å². The summed E-state index contributed by atoms with van der Waals surface area (Å²) in [4.78, 5) is 0. The minimum Gasteiger partial charge on any atom is -0.0654 e. The van der Waals surface area contributed by atoms with Crippen molar-refractivity contribution in [3.05, 3.63) is 6.92 Å². The summed E-state index contributed by atoms with van der Waals surface area (Å²) in [6, 6.07) is 0. The lowest BCUT2D eigenvalue weighted by molar-refractivity contribution is 0.309. The third kappa shape index (κ3) is 5.37. The van der Waals surface area contributed by atoms with Gasteiger partial charge in [0, 0.05) is 0 Å². The summed E-state index contributed by atoms with van der Waals surface area (Å²) >= 11 is 0. The number of rotatable bonds is 9. The molecule has 0 nitrogen and oxygen atoms in total. The van der Waals surface area contributed by atoms with Crippen molar-refractivity contribution in [1.29, 1.82) is 0 Å². The van der Waals surface area contributed by atoms with Crippen LogP contribution in [-0.2, 0) is 0 Å². The summed E-state index contributed by atoms with van der Waals surface area (Å²) in [5.74, 6) is 1.99. The van der Waals surface area contributed by atoms with Gasteiger partial charge in [0.05, 0.1) is 0 Å². The first-order valence-electron chi connectivity index (χ1n) is 7.67. The standard InChI is InChI=1S/C16H31/c1-3-5-6-7-8-9-12-15(4-2)16-13-10-11-14-16/h15-16H,2-14H2,1H3. The molecule has 0 heteroatoms. The van der Waals surface area contributed by atoms with Crippen molar-refractivity contribution in [2.75, 3.05) is 0 Å². The van der Waals surface area contributed by atoms with E-state index in [1.807, 2.05) is 0 Å². The lowest BCUT2D eigenvalue weighted by atomic mass is 9.84. The SMILES string of the molecule is [CH2]CC(CCCCCCCC)C1CCCC1. The van der Waals surface area contributed by atoms with Crippen molar-refractivity contribution < 1.29 is 0 Å². The van der Waals surface area contributed by atoms with Crippen molar-refractivity contribution in [2.24, 2.45) is 11.8 Å². The van der Waals surface area contributed by atoms with Crippen LogP contribution in [0.2, 0.25) is 0 Å². The molecule has 0 saturated heterocycles. The highest BCUT2D eigenvalue weighted by atomic mass is 14.3. The van der Waals surface area contributed by atoms with E-state index in [-0.39, 0.29) is 0 Å². The third-order valence-corrected chi connectivity index (χ3v) is 4.37. The molecule has 0 N–H and O–H groups in total. The maximum atomic E-state index is 4.16. The minimum atomic E-state index is 0.952. The van der Waals surface area contributed by atoms with Gasteiger partial charge >= 0.3 is 0 Å². The molecule has 95 valence electrons. The van der Waals surface area contributed by atoms with Crippen molar-refractivity contribution in [3.8, 4) is 0 Å². The Kier molecular flexibility index (Phi) is 7.98. The number of hydrogen-bond donors (Lipinski definition) is 0. The van der Waals surface area contributed by atoms with Gasteiger partial charge in [-0.05, 0) is 11.8 Å². The van der Waals surface area contributed by atoms with E-state index in [9.17, 15) is 0 Å². The molecule has 1 radical (unpaired) electrons. The van der Waals surface area contributed by atoms with E-state index in [2.05, 4.69) is 13.8 Å². The van der Waals surface area contributed by atoms with E-state index < -0.39 is 0 Å². The van der Waals surface area contributed by atoms with E-state index in [1.165, 1.54) is 77.0 Å². The zero-order valence-electron chi connectivity index (χ0n) is 11.3. The zero-order valence-corrected chi connectivity index (χ0v) is 11.3. The maximum Gasteiger partial charge on any atom is -0.0386 e. The van der Waals surface area contributed by atoms with Crippen LogP contribution in [0.25, 0.3) is 0 Å². The Morgan fingerprint density at radius 2 is 1.62 bits per heavy atom. The van der Waals surface area contributed by atoms with Gasteiger partial charge in [-0.1, -0.05) is 90.9 Å². The van der Waals surface area contributed by atoms with Crippen LogP contribution in [-0.4, -0.2) is 0 Å². The Hall–Kier alpha value is 0. The van der Waals surface area contributed by atoms with Crippen LogP contribution in [0.15, 0.2) is 0 Å². The predicted molar refractivity (Wildman–Crippen MR) is 73.4 cm³/mol. The van der Waals surface area contributed by atoms with Gasteiger partial charge in [0.1, 0.15) is 0 Å². The van der Waals surface area contributed by atoms with Crippen LogP contribution in [0.3, 0.4) is 0 Å². The number of hydrogen-bond acceptors (Lipinski definition) is 0. The fraction of sp³-hybridized carbons (Fsp3) is 0.938. The lowest BCUT2D eigenvalue weighted by Gasteiger charge is -2.21. The highest BCUT2D eigenvalue weighted by Gasteiger charge is 2.22. The van der Waals surface area contributed by atoms with Gasteiger partial charge in [-0.2, -0.15) is 0 Å². The Labute approximate surface area is 103 Å². The summed E-state index contributed by atoms with van der Waals surface area (Å²) in [5.41, 5.74) is 0. The molecule has 16 heavy (non-hydrogen) atoms. The van der Waals surface area contributed by atoms with Gasteiger partial charge in [0.2, 0.25) is 0 Å². The lowest BCUT2D eigenvalue weighted by Crippen LogP contribution is -2.10. The molecule has 1 fully saturated rings. The molecule has 0 bridgehead atoms. The van der Waals surface area contributed by atoms with Crippen LogP contribution in [0.4, 0.5) is 0 Å². The molecule has 0 spiro atoms. The van der Waals surface area contributed by atoms with Crippen LogP contribution in [0, 0.1) is 18.8 Å². The maximum absolute atomic E-state index is 4.16. The molecule has 0 heterocycles. The van der Waals surface area contributed by atoms with Gasteiger partial charge in [0.15, 0.2) is 0 Å². The topological polar surface area (TPSA) is 0 Å². The molecule has 0 aromatic heterocycles. The van der Waals surface area contributed by atoms with Crippen molar-refractivity contribution >= 4 is 0 Å². The second-order valence-corrected chi connectivity index (χ2v) is 5.65. The largest absolute Gasteiger partial charge is 0.0654 e. The second kappa shape index (κ2) is 9.07. The summed E-state index contributed by atoms with van der Waals surface area (Å²) in [5, 5.41) is 0. The van der Waals surface area contributed by atoms with Crippen LogP contribution >= 0.6 is 0 Å². The number of unbranched alkanes of at least 4 members (excludes halogenated alkanes) is 5. The quantitative estimate of drug-likeness (QED) is 0.435. The van der Waals surface area contributed by atoms with Crippen molar-refractivity contribution in [3.63, 3.8) is 0 Å². The van der Waals surface area contributed by atoms with Crippen molar-refractivity contribution in [1.82, 2.24) is 0 Å². The molecule has 0 aromatic rings. The monoisotopic (exact) mass is 223 g/mol. The van der Waals surface area contributed by atoms with E-state index in [0.717, 1.165) is 11.8 Å². The molecule has 1 unspecified atom stereocenters. The average Bonchev–Trinajstić information content (AvgIpc) is 2.82. The van der Waals surface area contributed by atoms with E-state index in [0.29, 0.717) is 0 Å². The molecule has 1 aliphatic carbocycles. The molecule has 0 aliphatic heterocycles. The van der Waals surface area contributed by atoms with E-state index in [4.69, 9.17) is 0 Å². The normalized spacial score (nSPS) is 19.1. The third-order valence-electron chi connectivity index (χ3n) is 4.37.